The summed E-state index contributed by atoms with van der Waals surface area (Å²) in [6.07, 6.45) is 5.30. The SMILES string of the molecule is O=C(C[C@H]1CC[C@H](C(=O)O)CC1)N1CCc2c(C(F)(F)F)nn(CCC3CCCCC3)c2C1. The molecule has 2 heterocycles. The van der Waals surface area contributed by atoms with Crippen LogP contribution in [0.5, 0.6) is 0 Å². The Morgan fingerprint density at radius 3 is 2.33 bits per heavy atom. The quantitative estimate of drug-likeness (QED) is 0.634. The number of alkyl halides is 3. The highest BCUT2D eigenvalue weighted by atomic mass is 19.4. The van der Waals surface area contributed by atoms with Crippen LogP contribution in [0.2, 0.25) is 0 Å². The first-order valence-electron chi connectivity index (χ1n) is 12.4. The van der Waals surface area contributed by atoms with Gasteiger partial charge in [0, 0.05) is 25.1 Å². The van der Waals surface area contributed by atoms with Gasteiger partial charge in [-0.3, -0.25) is 14.3 Å². The lowest BCUT2D eigenvalue weighted by molar-refractivity contribution is -0.143. The topological polar surface area (TPSA) is 75.4 Å². The molecule has 1 amide bonds. The van der Waals surface area contributed by atoms with Crippen molar-refractivity contribution in [3.8, 4) is 0 Å². The molecule has 2 saturated carbocycles. The molecule has 6 nitrogen and oxygen atoms in total. The summed E-state index contributed by atoms with van der Waals surface area (Å²) >= 11 is 0. The molecule has 3 aliphatic rings. The molecule has 1 aliphatic heterocycles. The fourth-order valence-electron chi connectivity index (χ4n) is 5.88. The Morgan fingerprint density at radius 1 is 1.00 bits per heavy atom. The number of amides is 1. The number of hydrogen-bond donors (Lipinski definition) is 1. The van der Waals surface area contributed by atoms with E-state index in [0.29, 0.717) is 50.3 Å². The number of halogens is 3. The van der Waals surface area contributed by atoms with E-state index >= 15 is 0 Å². The standard InChI is InChI=1S/C24H34F3N3O3/c25-24(26,27)22-19-11-12-29(21(31)14-17-6-8-18(9-7-17)23(32)33)15-20(19)30(28-22)13-10-16-4-2-1-3-5-16/h16-18H,1-15H2,(H,32,33)/t17-,18-. The molecule has 184 valence electrons. The van der Waals surface area contributed by atoms with Gasteiger partial charge < -0.3 is 10.0 Å². The number of nitrogens with zero attached hydrogens (tertiary/aromatic N) is 3. The highest BCUT2D eigenvalue weighted by Crippen LogP contribution is 2.37. The number of hydrogen-bond acceptors (Lipinski definition) is 3. The summed E-state index contributed by atoms with van der Waals surface area (Å²) in [6, 6.07) is 0. The van der Waals surface area contributed by atoms with Crippen molar-refractivity contribution in [1.29, 1.82) is 0 Å². The second-order valence-corrected chi connectivity index (χ2v) is 10.1. The van der Waals surface area contributed by atoms with Crippen LogP contribution in [0.3, 0.4) is 0 Å². The van der Waals surface area contributed by atoms with E-state index in [1.54, 1.807) is 4.90 Å². The van der Waals surface area contributed by atoms with Crippen LogP contribution in [0.25, 0.3) is 0 Å². The molecule has 0 aromatic carbocycles. The zero-order chi connectivity index (χ0) is 23.6. The van der Waals surface area contributed by atoms with E-state index in [-0.39, 0.29) is 42.8 Å². The molecule has 1 N–H and O–H groups in total. The fraction of sp³-hybridized carbons (Fsp3) is 0.792. The van der Waals surface area contributed by atoms with Crippen molar-refractivity contribution in [3.63, 3.8) is 0 Å². The van der Waals surface area contributed by atoms with Crippen molar-refractivity contribution in [2.24, 2.45) is 17.8 Å². The van der Waals surface area contributed by atoms with E-state index < -0.39 is 17.8 Å². The van der Waals surface area contributed by atoms with Crippen LogP contribution < -0.4 is 0 Å². The highest BCUT2D eigenvalue weighted by Gasteiger charge is 2.41. The smallest absolute Gasteiger partial charge is 0.435 e. The summed E-state index contributed by atoms with van der Waals surface area (Å²) in [4.78, 5) is 25.8. The van der Waals surface area contributed by atoms with Gasteiger partial charge >= 0.3 is 12.1 Å². The number of aromatic nitrogens is 2. The van der Waals surface area contributed by atoms with Gasteiger partial charge in [-0.05, 0) is 50.4 Å². The van der Waals surface area contributed by atoms with Gasteiger partial charge in [-0.1, -0.05) is 32.1 Å². The Bertz CT molecular complexity index is 853. The Balaban J connectivity index is 1.42. The van der Waals surface area contributed by atoms with Crippen LogP contribution in [0.4, 0.5) is 13.2 Å². The van der Waals surface area contributed by atoms with Gasteiger partial charge in [0.1, 0.15) is 0 Å². The predicted molar refractivity (Wildman–Crippen MR) is 115 cm³/mol. The van der Waals surface area contributed by atoms with Crippen LogP contribution in [0.1, 0.15) is 87.6 Å². The number of aryl methyl sites for hydroxylation is 1. The van der Waals surface area contributed by atoms with Gasteiger partial charge in [-0.25, -0.2) is 0 Å². The summed E-state index contributed by atoms with van der Waals surface area (Å²) < 4.78 is 42.4. The molecule has 9 heteroatoms. The minimum atomic E-state index is -4.49. The van der Waals surface area contributed by atoms with Crippen molar-refractivity contribution in [3.05, 3.63) is 17.0 Å². The van der Waals surface area contributed by atoms with Gasteiger partial charge in [0.15, 0.2) is 5.69 Å². The number of aliphatic carboxylic acids is 1. The van der Waals surface area contributed by atoms with Gasteiger partial charge in [-0.15, -0.1) is 0 Å². The number of fused-ring (bicyclic) bond motifs is 1. The molecule has 1 aromatic rings. The van der Waals surface area contributed by atoms with E-state index in [0.717, 1.165) is 19.3 Å². The summed E-state index contributed by atoms with van der Waals surface area (Å²) in [7, 11) is 0. The third-order valence-corrected chi connectivity index (χ3v) is 7.89. The fourth-order valence-corrected chi connectivity index (χ4v) is 5.88. The van der Waals surface area contributed by atoms with Crippen molar-refractivity contribution < 1.29 is 27.9 Å². The summed E-state index contributed by atoms with van der Waals surface area (Å²) in [5.41, 5.74) is -0.00952. The average molecular weight is 470 g/mol. The van der Waals surface area contributed by atoms with Gasteiger partial charge in [-0.2, -0.15) is 18.3 Å². The van der Waals surface area contributed by atoms with Gasteiger partial charge in [0.25, 0.3) is 0 Å². The molecule has 0 radical (unpaired) electrons. The maximum Gasteiger partial charge on any atom is 0.435 e. The lowest BCUT2D eigenvalue weighted by Gasteiger charge is -2.31. The highest BCUT2D eigenvalue weighted by molar-refractivity contribution is 5.77. The molecule has 33 heavy (non-hydrogen) atoms. The van der Waals surface area contributed by atoms with Crippen LogP contribution in [-0.4, -0.2) is 38.2 Å². The van der Waals surface area contributed by atoms with Gasteiger partial charge in [0.2, 0.25) is 5.91 Å². The van der Waals surface area contributed by atoms with E-state index in [2.05, 4.69) is 5.10 Å². The third kappa shape index (κ3) is 5.72. The summed E-state index contributed by atoms with van der Waals surface area (Å²) in [6.45, 7) is 0.907. The Hall–Kier alpha value is -2.06. The summed E-state index contributed by atoms with van der Waals surface area (Å²) in [5, 5.41) is 13.1. The Morgan fingerprint density at radius 2 is 1.70 bits per heavy atom. The normalized spacial score (nSPS) is 24.5. The Labute approximate surface area is 192 Å². The predicted octanol–water partition coefficient (Wildman–Crippen LogP) is 5.04. The number of carboxylic acid groups (broad SMARTS) is 1. The number of carbonyl (C=O) groups excluding carboxylic acids is 1. The van der Waals surface area contributed by atoms with Crippen LogP contribution >= 0.6 is 0 Å². The van der Waals surface area contributed by atoms with E-state index in [4.69, 9.17) is 5.11 Å². The van der Waals surface area contributed by atoms with Crippen molar-refractivity contribution in [2.75, 3.05) is 6.54 Å². The maximum absolute atomic E-state index is 13.6. The van der Waals surface area contributed by atoms with Gasteiger partial charge in [0.05, 0.1) is 18.2 Å². The first-order valence-corrected chi connectivity index (χ1v) is 12.4. The second-order valence-electron chi connectivity index (χ2n) is 10.1. The average Bonchev–Trinajstić information content (AvgIpc) is 3.17. The molecule has 0 spiro atoms. The lowest BCUT2D eigenvalue weighted by Crippen LogP contribution is -2.38. The monoisotopic (exact) mass is 469 g/mol. The molecule has 0 bridgehead atoms. The molecule has 0 saturated heterocycles. The van der Waals surface area contributed by atoms with Crippen molar-refractivity contribution >= 4 is 11.9 Å². The van der Waals surface area contributed by atoms with Crippen LogP contribution in [-0.2, 0) is 35.3 Å². The van der Waals surface area contributed by atoms with Crippen molar-refractivity contribution in [2.45, 2.75) is 96.3 Å². The molecule has 0 unspecified atom stereocenters. The maximum atomic E-state index is 13.6. The second kappa shape index (κ2) is 10.1. The van der Waals surface area contributed by atoms with E-state index in [9.17, 15) is 22.8 Å². The first-order chi connectivity index (χ1) is 15.7. The molecular formula is C24H34F3N3O3. The minimum absolute atomic E-state index is 0.0481. The summed E-state index contributed by atoms with van der Waals surface area (Å²) in [5.74, 6) is -0.460. The van der Waals surface area contributed by atoms with E-state index in [1.165, 1.54) is 23.9 Å². The van der Waals surface area contributed by atoms with E-state index in [1.807, 2.05) is 0 Å². The molecular weight excluding hydrogens is 435 g/mol. The largest absolute Gasteiger partial charge is 0.481 e. The minimum Gasteiger partial charge on any atom is -0.481 e. The third-order valence-electron chi connectivity index (χ3n) is 7.89. The molecule has 1 aromatic heterocycles. The first kappa shape index (κ1) is 24.1. The number of rotatable bonds is 6. The lowest BCUT2D eigenvalue weighted by atomic mass is 9.80. The molecule has 2 fully saturated rings. The van der Waals surface area contributed by atoms with Crippen LogP contribution in [0.15, 0.2) is 0 Å². The van der Waals surface area contributed by atoms with Crippen molar-refractivity contribution in [1.82, 2.24) is 14.7 Å². The zero-order valence-electron chi connectivity index (χ0n) is 19.1. The number of carbonyl (C=O) groups is 2. The van der Waals surface area contributed by atoms with Crippen LogP contribution in [0, 0.1) is 17.8 Å². The molecule has 2 aliphatic carbocycles. The Kier molecular flexibility index (Phi) is 7.34. The molecule has 4 rings (SSSR count). The number of carboxylic acids is 1. The zero-order valence-corrected chi connectivity index (χ0v) is 19.1. The molecule has 0 atom stereocenters.